The lowest BCUT2D eigenvalue weighted by Crippen LogP contribution is -2.39. The van der Waals surface area contributed by atoms with Gasteiger partial charge in [0.1, 0.15) is 5.69 Å². The highest BCUT2D eigenvalue weighted by atomic mass is 35.5. The molecule has 28 heavy (non-hydrogen) atoms. The zero-order valence-corrected chi connectivity index (χ0v) is 17.1. The molecule has 1 atom stereocenters. The van der Waals surface area contributed by atoms with Gasteiger partial charge in [-0.2, -0.15) is 10.4 Å². The fraction of sp³-hybridized carbons (Fsp3) is 0.318. The first-order valence-corrected chi connectivity index (χ1v) is 9.70. The van der Waals surface area contributed by atoms with Crippen LogP contribution >= 0.6 is 11.6 Å². The van der Waals surface area contributed by atoms with Gasteiger partial charge in [0.15, 0.2) is 0 Å². The van der Waals surface area contributed by atoms with Gasteiger partial charge >= 0.3 is 0 Å². The second-order valence-electron chi connectivity index (χ2n) is 7.89. The minimum absolute atomic E-state index is 0.0623. The number of rotatable bonds is 5. The Kier molecular flexibility index (Phi) is 5.83. The van der Waals surface area contributed by atoms with Crippen molar-refractivity contribution >= 4 is 11.6 Å². The number of hydrogen-bond acceptors (Lipinski definition) is 4. The Labute approximate surface area is 170 Å². The van der Waals surface area contributed by atoms with Crippen LogP contribution in [0.4, 0.5) is 0 Å². The molecule has 0 unspecified atom stereocenters. The Bertz CT molecular complexity index is 996. The average Bonchev–Trinajstić information content (AvgIpc) is 3.06. The van der Waals surface area contributed by atoms with E-state index in [9.17, 15) is 5.26 Å². The summed E-state index contributed by atoms with van der Waals surface area (Å²) in [5, 5.41) is 14.2. The number of alkyl halides is 1. The van der Waals surface area contributed by atoms with Crippen LogP contribution < -0.4 is 5.73 Å². The predicted molar refractivity (Wildman–Crippen MR) is 113 cm³/mol. The first kappa shape index (κ1) is 20.1. The molecule has 0 aliphatic carbocycles. The van der Waals surface area contributed by atoms with Gasteiger partial charge in [-0.25, -0.2) is 0 Å². The number of halogens is 1. The largest absolute Gasteiger partial charge is 0.326 e. The van der Waals surface area contributed by atoms with Crippen molar-refractivity contribution in [3.8, 4) is 28.5 Å². The van der Waals surface area contributed by atoms with E-state index in [1.807, 2.05) is 35.0 Å². The molecule has 0 saturated carbocycles. The summed E-state index contributed by atoms with van der Waals surface area (Å²) in [6.45, 7) is 6.90. The maximum Gasteiger partial charge on any atom is 0.100 e. The SMILES string of the molecule is CC(C)(C)[C@@H](N)Cn1nc(-c2cccc(C#N)c2)c(-c2ccncc2)c1CCl. The standard InChI is InChI=1S/C22H24ClN5/c1-22(2,3)19(25)14-28-18(12-23)20(16-7-9-26-10-8-16)21(27-28)17-6-4-5-15(11-17)13-24/h4-11,19H,12,14,25H2,1-3H3/t19-/m0/s1. The minimum atomic E-state index is -0.0852. The van der Waals surface area contributed by atoms with E-state index in [4.69, 9.17) is 22.4 Å². The highest BCUT2D eigenvalue weighted by Gasteiger charge is 2.25. The summed E-state index contributed by atoms with van der Waals surface area (Å²) in [6.07, 6.45) is 3.50. The van der Waals surface area contributed by atoms with Crippen molar-refractivity contribution in [2.45, 2.75) is 39.2 Å². The first-order valence-electron chi connectivity index (χ1n) is 9.17. The normalized spacial score (nSPS) is 12.6. The van der Waals surface area contributed by atoms with E-state index in [0.717, 1.165) is 28.1 Å². The average molecular weight is 394 g/mol. The monoisotopic (exact) mass is 393 g/mol. The zero-order valence-electron chi connectivity index (χ0n) is 16.4. The van der Waals surface area contributed by atoms with E-state index in [2.05, 4.69) is 31.8 Å². The molecular weight excluding hydrogens is 370 g/mol. The van der Waals surface area contributed by atoms with E-state index in [1.54, 1.807) is 18.5 Å². The number of benzene rings is 1. The number of nitriles is 1. The summed E-state index contributed by atoms with van der Waals surface area (Å²) in [6, 6.07) is 13.4. The molecular formula is C22H24ClN5. The predicted octanol–water partition coefficient (Wildman–Crippen LogP) is 4.60. The van der Waals surface area contributed by atoms with Crippen molar-refractivity contribution < 1.29 is 0 Å². The Morgan fingerprint density at radius 1 is 1.18 bits per heavy atom. The lowest BCUT2D eigenvalue weighted by atomic mass is 9.87. The van der Waals surface area contributed by atoms with Crippen LogP contribution in [0.15, 0.2) is 48.8 Å². The molecule has 2 aromatic heterocycles. The molecule has 6 heteroatoms. The highest BCUT2D eigenvalue weighted by molar-refractivity contribution is 6.17. The van der Waals surface area contributed by atoms with E-state index in [1.165, 1.54) is 0 Å². The third kappa shape index (κ3) is 4.09. The van der Waals surface area contributed by atoms with Crippen LogP contribution in [0.2, 0.25) is 0 Å². The van der Waals surface area contributed by atoms with E-state index >= 15 is 0 Å². The maximum absolute atomic E-state index is 9.29. The Balaban J connectivity index is 2.21. The Hall–Kier alpha value is -2.68. The second-order valence-corrected chi connectivity index (χ2v) is 8.15. The van der Waals surface area contributed by atoms with Crippen molar-refractivity contribution in [1.29, 1.82) is 5.26 Å². The number of hydrogen-bond donors (Lipinski definition) is 1. The molecule has 144 valence electrons. The zero-order chi connectivity index (χ0) is 20.3. The third-order valence-corrected chi connectivity index (χ3v) is 5.15. The second kappa shape index (κ2) is 8.14. The summed E-state index contributed by atoms with van der Waals surface area (Å²) in [7, 11) is 0. The van der Waals surface area contributed by atoms with E-state index < -0.39 is 0 Å². The fourth-order valence-corrected chi connectivity index (χ4v) is 3.28. The topological polar surface area (TPSA) is 80.5 Å². The fourth-order valence-electron chi connectivity index (χ4n) is 3.00. The number of nitrogens with zero attached hydrogens (tertiary/aromatic N) is 4. The maximum atomic E-state index is 9.29. The molecule has 5 nitrogen and oxygen atoms in total. The molecule has 0 fully saturated rings. The van der Waals surface area contributed by atoms with Crippen LogP contribution in [0.25, 0.3) is 22.4 Å². The Morgan fingerprint density at radius 3 is 2.50 bits per heavy atom. The molecule has 3 aromatic rings. The molecule has 0 radical (unpaired) electrons. The van der Waals surface area contributed by atoms with Crippen LogP contribution in [-0.2, 0) is 12.4 Å². The number of nitrogens with two attached hydrogens (primary N) is 1. The number of pyridine rings is 1. The number of aromatic nitrogens is 3. The van der Waals surface area contributed by atoms with Crippen LogP contribution in [0.1, 0.15) is 32.0 Å². The molecule has 0 spiro atoms. The molecule has 2 heterocycles. The van der Waals surface area contributed by atoms with Gasteiger partial charge in [0, 0.05) is 29.6 Å². The molecule has 2 N–H and O–H groups in total. The molecule has 0 aliphatic heterocycles. The summed E-state index contributed by atoms with van der Waals surface area (Å²) in [5.41, 5.74) is 11.5. The highest BCUT2D eigenvalue weighted by Crippen LogP contribution is 2.36. The molecule has 0 saturated heterocycles. The van der Waals surface area contributed by atoms with Crippen molar-refractivity contribution in [3.05, 3.63) is 60.0 Å². The van der Waals surface area contributed by atoms with Crippen LogP contribution in [0, 0.1) is 16.7 Å². The van der Waals surface area contributed by atoms with Gasteiger partial charge in [0.2, 0.25) is 0 Å². The first-order chi connectivity index (χ1) is 13.3. The van der Waals surface area contributed by atoms with Gasteiger partial charge < -0.3 is 5.73 Å². The third-order valence-electron chi connectivity index (χ3n) is 4.90. The van der Waals surface area contributed by atoms with Gasteiger partial charge in [-0.15, -0.1) is 11.6 Å². The quantitative estimate of drug-likeness (QED) is 0.642. The summed E-state index contributed by atoms with van der Waals surface area (Å²) in [4.78, 5) is 4.12. The lowest BCUT2D eigenvalue weighted by molar-refractivity contribution is 0.282. The van der Waals surface area contributed by atoms with Crippen LogP contribution in [0.5, 0.6) is 0 Å². The minimum Gasteiger partial charge on any atom is -0.326 e. The van der Waals surface area contributed by atoms with Gasteiger partial charge in [-0.1, -0.05) is 32.9 Å². The van der Waals surface area contributed by atoms with Gasteiger partial charge in [-0.3, -0.25) is 9.67 Å². The summed E-state index contributed by atoms with van der Waals surface area (Å²) < 4.78 is 1.91. The molecule has 1 aromatic carbocycles. The Morgan fingerprint density at radius 2 is 1.89 bits per heavy atom. The van der Waals surface area contributed by atoms with Crippen molar-refractivity contribution in [2.24, 2.45) is 11.1 Å². The van der Waals surface area contributed by atoms with Crippen molar-refractivity contribution in [2.75, 3.05) is 0 Å². The van der Waals surface area contributed by atoms with Crippen LogP contribution in [0.3, 0.4) is 0 Å². The smallest absolute Gasteiger partial charge is 0.100 e. The molecule has 3 rings (SSSR count). The molecule has 0 bridgehead atoms. The van der Waals surface area contributed by atoms with Gasteiger partial charge in [-0.05, 0) is 35.2 Å². The van der Waals surface area contributed by atoms with Gasteiger partial charge in [0.25, 0.3) is 0 Å². The summed E-state index contributed by atoms with van der Waals surface area (Å²) in [5.74, 6) is 0.305. The van der Waals surface area contributed by atoms with Crippen LogP contribution in [-0.4, -0.2) is 20.8 Å². The lowest BCUT2D eigenvalue weighted by Gasteiger charge is -2.27. The van der Waals surface area contributed by atoms with E-state index in [0.29, 0.717) is 18.0 Å². The van der Waals surface area contributed by atoms with E-state index in [-0.39, 0.29) is 11.5 Å². The summed E-state index contributed by atoms with van der Waals surface area (Å²) >= 11 is 6.37. The van der Waals surface area contributed by atoms with Crippen molar-refractivity contribution in [3.63, 3.8) is 0 Å². The van der Waals surface area contributed by atoms with Gasteiger partial charge in [0.05, 0.1) is 29.8 Å². The molecule has 0 amide bonds. The van der Waals surface area contributed by atoms with Crippen molar-refractivity contribution in [1.82, 2.24) is 14.8 Å². The molecule has 0 aliphatic rings.